The molecule has 5 heteroatoms. The third-order valence-electron chi connectivity index (χ3n) is 4.42. The molecule has 0 fully saturated rings. The van der Waals surface area contributed by atoms with Gasteiger partial charge in [-0.15, -0.1) is 0 Å². The first kappa shape index (κ1) is 14.8. The second-order valence-corrected chi connectivity index (χ2v) is 6.28. The molecule has 0 radical (unpaired) electrons. The van der Waals surface area contributed by atoms with Crippen LogP contribution in [0.4, 0.5) is 0 Å². The standard InChI is InChI=1S/C19H17N3O2/c1-21(2)10-11-22-19(24)15-9-5-8-14-16(15)17(20-22)12-6-3-4-7-13(12)18(14)23/h3-9H,10-11H2,1-2H3. The number of likely N-dealkylation sites (N-methyl/N-ethyl adjacent to an activating group) is 1. The zero-order chi connectivity index (χ0) is 16.8. The molecule has 0 unspecified atom stereocenters. The Bertz CT molecular complexity index is 1030. The smallest absolute Gasteiger partial charge is 0.274 e. The molecule has 0 atom stereocenters. The molecular weight excluding hydrogens is 302 g/mol. The lowest BCUT2D eigenvalue weighted by Crippen LogP contribution is -2.30. The molecule has 24 heavy (non-hydrogen) atoms. The summed E-state index contributed by atoms with van der Waals surface area (Å²) in [5, 5.41) is 5.83. The molecule has 0 saturated carbocycles. The Balaban J connectivity index is 2.07. The third kappa shape index (κ3) is 2.09. The largest absolute Gasteiger partial charge is 0.308 e. The van der Waals surface area contributed by atoms with Crippen LogP contribution in [0.1, 0.15) is 15.9 Å². The van der Waals surface area contributed by atoms with E-state index in [4.69, 9.17) is 0 Å². The van der Waals surface area contributed by atoms with Crippen LogP contribution in [-0.4, -0.2) is 41.1 Å². The second-order valence-electron chi connectivity index (χ2n) is 6.28. The van der Waals surface area contributed by atoms with Gasteiger partial charge in [-0.05, 0) is 20.2 Å². The van der Waals surface area contributed by atoms with Crippen molar-refractivity contribution in [3.8, 4) is 11.3 Å². The Morgan fingerprint density at radius 2 is 1.67 bits per heavy atom. The number of carbonyl (C=O) groups excluding carboxylic acids is 1. The number of nitrogens with zero attached hydrogens (tertiary/aromatic N) is 3. The molecule has 0 aliphatic heterocycles. The van der Waals surface area contributed by atoms with Crippen LogP contribution in [-0.2, 0) is 6.54 Å². The minimum atomic E-state index is -0.148. The summed E-state index contributed by atoms with van der Waals surface area (Å²) in [6.45, 7) is 1.23. The van der Waals surface area contributed by atoms with Crippen LogP contribution >= 0.6 is 0 Å². The van der Waals surface area contributed by atoms with Gasteiger partial charge >= 0.3 is 0 Å². The summed E-state index contributed by atoms with van der Waals surface area (Å²) < 4.78 is 1.51. The fourth-order valence-corrected chi connectivity index (χ4v) is 3.20. The number of benzene rings is 2. The van der Waals surface area contributed by atoms with Crippen molar-refractivity contribution in [1.82, 2.24) is 14.7 Å². The minimum absolute atomic E-state index is 0.0454. The molecule has 0 spiro atoms. The summed E-state index contributed by atoms with van der Waals surface area (Å²) in [5.74, 6) is -0.0454. The van der Waals surface area contributed by atoms with E-state index in [9.17, 15) is 9.59 Å². The maximum atomic E-state index is 12.8. The molecule has 0 bridgehead atoms. The predicted octanol–water partition coefficient (Wildman–Crippen LogP) is 2.17. The van der Waals surface area contributed by atoms with Crippen molar-refractivity contribution in [2.24, 2.45) is 0 Å². The highest BCUT2D eigenvalue weighted by Crippen LogP contribution is 2.36. The lowest BCUT2D eigenvalue weighted by Gasteiger charge is -2.20. The molecule has 5 nitrogen and oxygen atoms in total. The van der Waals surface area contributed by atoms with Gasteiger partial charge in [-0.3, -0.25) is 9.59 Å². The van der Waals surface area contributed by atoms with Crippen molar-refractivity contribution in [3.05, 3.63) is 63.9 Å². The average molecular weight is 319 g/mol. The summed E-state index contributed by atoms with van der Waals surface area (Å²) in [6.07, 6.45) is 0. The molecule has 2 aromatic carbocycles. The van der Waals surface area contributed by atoms with Crippen molar-refractivity contribution >= 4 is 16.6 Å². The van der Waals surface area contributed by atoms with E-state index in [2.05, 4.69) is 5.10 Å². The van der Waals surface area contributed by atoms with Gasteiger partial charge in [0, 0.05) is 28.6 Å². The summed E-state index contributed by atoms with van der Waals surface area (Å²) >= 11 is 0. The monoisotopic (exact) mass is 319 g/mol. The van der Waals surface area contributed by atoms with Gasteiger partial charge < -0.3 is 4.90 Å². The van der Waals surface area contributed by atoms with E-state index in [0.717, 1.165) is 12.1 Å². The first-order valence-corrected chi connectivity index (χ1v) is 7.90. The van der Waals surface area contributed by atoms with Crippen LogP contribution in [0.15, 0.2) is 47.3 Å². The van der Waals surface area contributed by atoms with Crippen molar-refractivity contribution in [2.75, 3.05) is 20.6 Å². The summed E-state index contributed by atoms with van der Waals surface area (Å²) in [6, 6.07) is 12.8. The molecule has 1 aromatic heterocycles. The number of fused-ring (bicyclic) bond motifs is 2. The Morgan fingerprint density at radius 3 is 2.42 bits per heavy atom. The van der Waals surface area contributed by atoms with Crippen LogP contribution in [0.25, 0.3) is 22.0 Å². The number of hydrogen-bond acceptors (Lipinski definition) is 4. The van der Waals surface area contributed by atoms with Crippen LogP contribution in [0, 0.1) is 0 Å². The van der Waals surface area contributed by atoms with E-state index in [1.165, 1.54) is 4.68 Å². The SMILES string of the molecule is CN(C)CCn1nc2c3c(cccc3c1=O)C(=O)c1ccccc1-2. The van der Waals surface area contributed by atoms with E-state index in [0.29, 0.717) is 34.1 Å². The van der Waals surface area contributed by atoms with Gasteiger partial charge in [-0.2, -0.15) is 5.10 Å². The Labute approximate surface area is 139 Å². The topological polar surface area (TPSA) is 55.2 Å². The van der Waals surface area contributed by atoms with Gasteiger partial charge in [-0.25, -0.2) is 4.68 Å². The first-order chi connectivity index (χ1) is 11.6. The maximum Gasteiger partial charge on any atom is 0.274 e. The molecule has 3 aromatic rings. The second kappa shape index (κ2) is 5.39. The van der Waals surface area contributed by atoms with Gasteiger partial charge in [0.25, 0.3) is 5.56 Å². The fourth-order valence-electron chi connectivity index (χ4n) is 3.20. The fraction of sp³-hybridized carbons (Fsp3) is 0.211. The lowest BCUT2D eigenvalue weighted by molar-refractivity contribution is 0.104. The summed E-state index contributed by atoms with van der Waals surface area (Å²) in [7, 11) is 3.92. The predicted molar refractivity (Wildman–Crippen MR) is 93.4 cm³/mol. The Morgan fingerprint density at radius 1 is 0.958 bits per heavy atom. The highest BCUT2D eigenvalue weighted by molar-refractivity contribution is 6.24. The number of rotatable bonds is 3. The first-order valence-electron chi connectivity index (χ1n) is 7.90. The van der Waals surface area contributed by atoms with E-state index in [1.54, 1.807) is 18.2 Å². The van der Waals surface area contributed by atoms with Gasteiger partial charge in [0.1, 0.15) is 5.69 Å². The highest BCUT2D eigenvalue weighted by Gasteiger charge is 2.27. The van der Waals surface area contributed by atoms with Crippen LogP contribution in [0.5, 0.6) is 0 Å². The molecule has 0 amide bonds. The van der Waals surface area contributed by atoms with E-state index in [1.807, 2.05) is 43.3 Å². The highest BCUT2D eigenvalue weighted by atomic mass is 16.1. The molecule has 1 aliphatic carbocycles. The average Bonchev–Trinajstić information content (AvgIpc) is 2.59. The number of hydrogen-bond donors (Lipinski definition) is 0. The zero-order valence-electron chi connectivity index (χ0n) is 13.6. The molecule has 1 aliphatic rings. The van der Waals surface area contributed by atoms with E-state index in [-0.39, 0.29) is 11.3 Å². The van der Waals surface area contributed by atoms with Gasteiger partial charge in [0.05, 0.1) is 11.9 Å². The van der Waals surface area contributed by atoms with Crippen molar-refractivity contribution < 1.29 is 4.79 Å². The quantitative estimate of drug-likeness (QED) is 0.581. The third-order valence-corrected chi connectivity index (χ3v) is 4.42. The minimum Gasteiger partial charge on any atom is -0.308 e. The molecule has 0 saturated heterocycles. The van der Waals surface area contributed by atoms with E-state index >= 15 is 0 Å². The van der Waals surface area contributed by atoms with Crippen molar-refractivity contribution in [1.29, 1.82) is 0 Å². The van der Waals surface area contributed by atoms with Gasteiger partial charge in [0.15, 0.2) is 5.78 Å². The zero-order valence-corrected chi connectivity index (χ0v) is 13.6. The summed E-state index contributed by atoms with van der Waals surface area (Å²) in [5.41, 5.74) is 2.57. The Kier molecular flexibility index (Phi) is 3.32. The van der Waals surface area contributed by atoms with Crippen LogP contribution in [0.3, 0.4) is 0 Å². The van der Waals surface area contributed by atoms with Crippen molar-refractivity contribution in [3.63, 3.8) is 0 Å². The molecule has 0 N–H and O–H groups in total. The van der Waals surface area contributed by atoms with Gasteiger partial charge in [-0.1, -0.05) is 36.4 Å². The van der Waals surface area contributed by atoms with Crippen LogP contribution < -0.4 is 5.56 Å². The van der Waals surface area contributed by atoms with Gasteiger partial charge in [0.2, 0.25) is 0 Å². The number of ketones is 1. The summed E-state index contributed by atoms with van der Waals surface area (Å²) in [4.78, 5) is 27.5. The molecule has 4 rings (SSSR count). The number of aromatic nitrogens is 2. The molecule has 1 heterocycles. The van der Waals surface area contributed by atoms with E-state index < -0.39 is 0 Å². The normalized spacial score (nSPS) is 12.7. The lowest BCUT2D eigenvalue weighted by atomic mass is 9.86. The Hall–Kier alpha value is -2.79. The molecular formula is C19H17N3O2. The maximum absolute atomic E-state index is 12.8. The number of carbonyl (C=O) groups is 1. The molecule has 120 valence electrons. The van der Waals surface area contributed by atoms with Crippen molar-refractivity contribution in [2.45, 2.75) is 6.54 Å². The van der Waals surface area contributed by atoms with Crippen LogP contribution in [0.2, 0.25) is 0 Å².